The van der Waals surface area contributed by atoms with Gasteiger partial charge in [0.25, 0.3) is 0 Å². The lowest BCUT2D eigenvalue weighted by atomic mass is 10.1. The maximum atomic E-state index is 11.2. The molecule has 0 atom stereocenters. The summed E-state index contributed by atoms with van der Waals surface area (Å²) in [5, 5.41) is 2.79. The maximum Gasteiger partial charge on any atom is 0.231 e. The van der Waals surface area contributed by atoms with Crippen LogP contribution in [0.25, 0.3) is 0 Å². The molecule has 114 valence electrons. The van der Waals surface area contributed by atoms with Crippen molar-refractivity contribution in [3.05, 3.63) is 54.1 Å². The highest BCUT2D eigenvalue weighted by molar-refractivity contribution is 5.99. The second kappa shape index (κ2) is 7.24. The van der Waals surface area contributed by atoms with Crippen LogP contribution in [-0.4, -0.2) is 18.4 Å². The molecule has 2 amide bonds. The largest absolute Gasteiger partial charge is 0.457 e. The molecule has 0 fully saturated rings. The number of nitrogens with one attached hydrogen (secondary N) is 1. The first-order valence-electron chi connectivity index (χ1n) is 6.72. The van der Waals surface area contributed by atoms with Crippen molar-refractivity contribution in [2.75, 3.05) is 11.9 Å². The Morgan fingerprint density at radius 2 is 1.82 bits per heavy atom. The first-order valence-corrected chi connectivity index (χ1v) is 6.72. The molecule has 1 aliphatic rings. The van der Waals surface area contributed by atoms with E-state index in [1.165, 1.54) is 0 Å². The van der Waals surface area contributed by atoms with Gasteiger partial charge in [0.05, 0.1) is 13.0 Å². The molecule has 6 heteroatoms. The summed E-state index contributed by atoms with van der Waals surface area (Å²) in [4.78, 5) is 20.7. The summed E-state index contributed by atoms with van der Waals surface area (Å²) in [5.41, 5.74) is 11.1. The van der Waals surface area contributed by atoms with Crippen LogP contribution in [0.1, 0.15) is 5.56 Å². The van der Waals surface area contributed by atoms with E-state index < -0.39 is 5.91 Å². The predicted octanol–water partition coefficient (Wildman–Crippen LogP) is 1.40. The van der Waals surface area contributed by atoms with Gasteiger partial charge in [-0.3, -0.25) is 9.59 Å². The van der Waals surface area contributed by atoms with Crippen molar-refractivity contribution in [3.8, 4) is 11.5 Å². The SMILES string of the molecule is NCC(N)=O.O=C1Cc2cc(Oc3ccccc3)ccc2N1. The zero-order chi connectivity index (χ0) is 15.9. The summed E-state index contributed by atoms with van der Waals surface area (Å²) in [7, 11) is 0. The van der Waals surface area contributed by atoms with E-state index in [4.69, 9.17) is 10.5 Å². The molecular weight excluding hydrogens is 282 g/mol. The summed E-state index contributed by atoms with van der Waals surface area (Å²) in [6.07, 6.45) is 0.432. The van der Waals surface area contributed by atoms with Crippen molar-refractivity contribution in [1.82, 2.24) is 0 Å². The fourth-order valence-electron chi connectivity index (χ4n) is 1.89. The number of hydrogen-bond donors (Lipinski definition) is 3. The van der Waals surface area contributed by atoms with Crippen LogP contribution in [0.15, 0.2) is 48.5 Å². The number of amides is 2. The molecule has 0 unspecified atom stereocenters. The van der Waals surface area contributed by atoms with Crippen molar-refractivity contribution in [2.24, 2.45) is 11.5 Å². The van der Waals surface area contributed by atoms with Crippen LogP contribution in [-0.2, 0) is 16.0 Å². The zero-order valence-electron chi connectivity index (χ0n) is 11.9. The van der Waals surface area contributed by atoms with Gasteiger partial charge in [0.1, 0.15) is 11.5 Å². The number of benzene rings is 2. The molecule has 2 aromatic rings. The molecule has 6 nitrogen and oxygen atoms in total. The molecule has 0 spiro atoms. The second-order valence-electron chi connectivity index (χ2n) is 4.63. The number of primary amides is 1. The van der Waals surface area contributed by atoms with E-state index in [0.717, 1.165) is 22.7 Å². The Morgan fingerprint density at radius 3 is 2.45 bits per heavy atom. The van der Waals surface area contributed by atoms with Crippen molar-refractivity contribution >= 4 is 17.5 Å². The van der Waals surface area contributed by atoms with E-state index in [2.05, 4.69) is 11.1 Å². The van der Waals surface area contributed by atoms with Crippen molar-refractivity contribution in [1.29, 1.82) is 0 Å². The van der Waals surface area contributed by atoms with Crippen LogP contribution in [0.5, 0.6) is 11.5 Å². The van der Waals surface area contributed by atoms with Crippen LogP contribution < -0.4 is 21.5 Å². The molecule has 0 saturated carbocycles. The molecule has 0 saturated heterocycles. The third-order valence-corrected chi connectivity index (χ3v) is 2.88. The van der Waals surface area contributed by atoms with Gasteiger partial charge in [0, 0.05) is 5.69 Å². The van der Waals surface area contributed by atoms with Crippen LogP contribution >= 0.6 is 0 Å². The Bertz CT molecular complexity index is 672. The highest BCUT2D eigenvalue weighted by Crippen LogP contribution is 2.29. The van der Waals surface area contributed by atoms with Gasteiger partial charge < -0.3 is 21.5 Å². The molecule has 0 radical (unpaired) electrons. The molecule has 2 aromatic carbocycles. The average Bonchev–Trinajstić information content (AvgIpc) is 2.88. The van der Waals surface area contributed by atoms with Crippen molar-refractivity contribution in [2.45, 2.75) is 6.42 Å². The van der Waals surface area contributed by atoms with Gasteiger partial charge in [-0.25, -0.2) is 0 Å². The molecular formula is C16H17N3O3. The molecule has 1 aliphatic heterocycles. The number of nitrogens with two attached hydrogens (primary N) is 2. The molecule has 0 bridgehead atoms. The van der Waals surface area contributed by atoms with Crippen LogP contribution in [0.2, 0.25) is 0 Å². The van der Waals surface area contributed by atoms with Crippen molar-refractivity contribution < 1.29 is 14.3 Å². The fourth-order valence-corrected chi connectivity index (χ4v) is 1.89. The van der Waals surface area contributed by atoms with Crippen molar-refractivity contribution in [3.63, 3.8) is 0 Å². The summed E-state index contributed by atoms with van der Waals surface area (Å²) >= 11 is 0. The number of ether oxygens (including phenoxy) is 1. The minimum Gasteiger partial charge on any atom is -0.457 e. The van der Waals surface area contributed by atoms with Gasteiger partial charge in [-0.1, -0.05) is 18.2 Å². The molecule has 0 aromatic heterocycles. The summed E-state index contributed by atoms with van der Waals surface area (Å²) < 4.78 is 5.70. The second-order valence-corrected chi connectivity index (χ2v) is 4.63. The summed E-state index contributed by atoms with van der Waals surface area (Å²) in [6.45, 7) is -0.0556. The first kappa shape index (κ1) is 15.5. The van der Waals surface area contributed by atoms with E-state index in [0.29, 0.717) is 6.42 Å². The number of carbonyl (C=O) groups excluding carboxylic acids is 2. The minimum atomic E-state index is -0.468. The third-order valence-electron chi connectivity index (χ3n) is 2.88. The molecule has 22 heavy (non-hydrogen) atoms. The van der Waals surface area contributed by atoms with Gasteiger partial charge in [0.2, 0.25) is 11.8 Å². The number of anilines is 1. The molecule has 5 N–H and O–H groups in total. The number of fused-ring (bicyclic) bond motifs is 1. The smallest absolute Gasteiger partial charge is 0.231 e. The van der Waals surface area contributed by atoms with Gasteiger partial charge in [-0.05, 0) is 35.9 Å². The van der Waals surface area contributed by atoms with Crippen LogP contribution in [0.3, 0.4) is 0 Å². The van der Waals surface area contributed by atoms with E-state index in [-0.39, 0.29) is 12.5 Å². The Kier molecular flexibility index (Phi) is 5.11. The number of para-hydroxylation sites is 1. The van der Waals surface area contributed by atoms with Crippen LogP contribution in [0.4, 0.5) is 5.69 Å². The Labute approximate surface area is 128 Å². The Balaban J connectivity index is 0.000000309. The van der Waals surface area contributed by atoms with E-state index in [9.17, 15) is 9.59 Å². The first-order chi connectivity index (χ1) is 10.6. The van der Waals surface area contributed by atoms with Gasteiger partial charge in [-0.2, -0.15) is 0 Å². The number of carbonyl (C=O) groups is 2. The molecule has 1 heterocycles. The van der Waals surface area contributed by atoms with E-state index in [1.54, 1.807) is 0 Å². The number of hydrogen-bond acceptors (Lipinski definition) is 4. The van der Waals surface area contributed by atoms with Gasteiger partial charge >= 0.3 is 0 Å². The maximum absolute atomic E-state index is 11.2. The summed E-state index contributed by atoms with van der Waals surface area (Å²) in [6, 6.07) is 15.2. The highest BCUT2D eigenvalue weighted by atomic mass is 16.5. The molecule has 0 aliphatic carbocycles. The number of rotatable bonds is 3. The highest BCUT2D eigenvalue weighted by Gasteiger charge is 2.17. The Hall–Kier alpha value is -2.86. The van der Waals surface area contributed by atoms with Crippen LogP contribution in [0, 0.1) is 0 Å². The minimum absolute atomic E-state index is 0.0388. The summed E-state index contributed by atoms with van der Waals surface area (Å²) in [5.74, 6) is 1.12. The van der Waals surface area contributed by atoms with E-state index >= 15 is 0 Å². The fraction of sp³-hybridized carbons (Fsp3) is 0.125. The standard InChI is InChI=1S/C14H11NO2.C2H6N2O/c16-14-9-10-8-12(6-7-13(10)15-14)17-11-4-2-1-3-5-11;3-1-2(4)5/h1-8H,9H2,(H,15,16);1,3H2,(H2,4,5). The van der Waals surface area contributed by atoms with Gasteiger partial charge in [-0.15, -0.1) is 0 Å². The lowest BCUT2D eigenvalue weighted by Crippen LogP contribution is -2.21. The molecule has 3 rings (SSSR count). The zero-order valence-corrected chi connectivity index (χ0v) is 11.9. The lowest BCUT2D eigenvalue weighted by Gasteiger charge is -2.06. The Morgan fingerprint density at radius 1 is 1.14 bits per heavy atom. The van der Waals surface area contributed by atoms with Gasteiger partial charge in [0.15, 0.2) is 0 Å². The predicted molar refractivity (Wildman–Crippen MR) is 83.5 cm³/mol. The monoisotopic (exact) mass is 299 g/mol. The quantitative estimate of drug-likeness (QED) is 0.796. The topological polar surface area (TPSA) is 107 Å². The lowest BCUT2D eigenvalue weighted by molar-refractivity contribution is -0.117. The average molecular weight is 299 g/mol. The van der Waals surface area contributed by atoms with E-state index in [1.807, 2.05) is 48.5 Å². The third kappa shape index (κ3) is 4.32. The normalized spacial score (nSPS) is 11.8.